The molecule has 174 valence electrons. The second kappa shape index (κ2) is 8.77. The summed E-state index contributed by atoms with van der Waals surface area (Å²) in [6.07, 6.45) is 8.13. The summed E-state index contributed by atoms with van der Waals surface area (Å²) < 4.78 is 7.79. The number of nitrogens with one attached hydrogen (secondary N) is 1. The van der Waals surface area contributed by atoms with Gasteiger partial charge in [-0.1, -0.05) is 6.08 Å². The fourth-order valence-electron chi connectivity index (χ4n) is 4.18. The van der Waals surface area contributed by atoms with Crippen molar-refractivity contribution >= 4 is 33.8 Å². The standard InChI is InChI=1S/C26H24N8O/c1-17-13-19(3-6-23(17)35-20-9-12-34-24(14-20)28-16-30-34)31-26-25-22(27-15-29-26)5-4-21(32-25)18-7-10-33(2)11-8-18/h3-7,9,12-16H,8,10-11H2,1-2H3,(H,27,29,31). The van der Waals surface area contributed by atoms with Gasteiger partial charge in [-0.15, -0.1) is 0 Å². The minimum Gasteiger partial charge on any atom is -0.457 e. The van der Waals surface area contributed by atoms with Crippen LogP contribution in [0.2, 0.25) is 0 Å². The molecule has 9 nitrogen and oxygen atoms in total. The van der Waals surface area contributed by atoms with Crippen molar-refractivity contribution in [1.82, 2.24) is 34.4 Å². The maximum absolute atomic E-state index is 6.10. The second-order valence-electron chi connectivity index (χ2n) is 8.66. The van der Waals surface area contributed by atoms with Crippen LogP contribution < -0.4 is 10.1 Å². The normalized spacial score (nSPS) is 14.3. The fourth-order valence-corrected chi connectivity index (χ4v) is 4.18. The van der Waals surface area contributed by atoms with E-state index in [-0.39, 0.29) is 0 Å². The number of hydrogen-bond acceptors (Lipinski definition) is 8. The van der Waals surface area contributed by atoms with E-state index >= 15 is 0 Å². The Hall–Kier alpha value is -4.37. The summed E-state index contributed by atoms with van der Waals surface area (Å²) in [7, 11) is 2.13. The van der Waals surface area contributed by atoms with Crippen molar-refractivity contribution in [1.29, 1.82) is 0 Å². The van der Waals surface area contributed by atoms with Crippen LogP contribution in [0.3, 0.4) is 0 Å². The Morgan fingerprint density at radius 1 is 1.00 bits per heavy atom. The number of anilines is 2. The van der Waals surface area contributed by atoms with Crippen LogP contribution in [0, 0.1) is 6.92 Å². The van der Waals surface area contributed by atoms with Crippen molar-refractivity contribution in [3.8, 4) is 11.5 Å². The van der Waals surface area contributed by atoms with E-state index in [2.05, 4.69) is 43.4 Å². The highest BCUT2D eigenvalue weighted by molar-refractivity contribution is 5.88. The van der Waals surface area contributed by atoms with Gasteiger partial charge in [-0.05, 0) is 67.9 Å². The summed E-state index contributed by atoms with van der Waals surface area (Å²) in [5, 5.41) is 7.53. The Labute approximate surface area is 202 Å². The van der Waals surface area contributed by atoms with Gasteiger partial charge in [0.15, 0.2) is 11.5 Å². The van der Waals surface area contributed by atoms with Crippen molar-refractivity contribution < 1.29 is 4.74 Å². The van der Waals surface area contributed by atoms with Gasteiger partial charge in [0.1, 0.15) is 29.7 Å². The molecule has 1 N–H and O–H groups in total. The number of likely N-dealkylation sites (N-methyl/N-ethyl adjacent to an activating group) is 1. The molecule has 0 amide bonds. The van der Waals surface area contributed by atoms with E-state index < -0.39 is 0 Å². The van der Waals surface area contributed by atoms with Crippen LogP contribution in [-0.2, 0) is 0 Å². The third-order valence-corrected chi connectivity index (χ3v) is 6.14. The lowest BCUT2D eigenvalue weighted by molar-refractivity contribution is 0.370. The molecule has 0 aliphatic carbocycles. The van der Waals surface area contributed by atoms with Crippen molar-refractivity contribution in [2.45, 2.75) is 13.3 Å². The molecule has 35 heavy (non-hydrogen) atoms. The molecule has 0 radical (unpaired) electrons. The predicted octanol–water partition coefficient (Wildman–Crippen LogP) is 4.63. The van der Waals surface area contributed by atoms with E-state index in [0.29, 0.717) is 11.6 Å². The molecule has 0 bridgehead atoms. The Bertz CT molecular complexity index is 1570. The van der Waals surface area contributed by atoms with Crippen LogP contribution in [0.1, 0.15) is 17.7 Å². The number of fused-ring (bicyclic) bond motifs is 2. The first kappa shape index (κ1) is 21.2. The van der Waals surface area contributed by atoms with E-state index in [1.165, 1.54) is 11.9 Å². The fraction of sp³-hybridized carbons (Fsp3) is 0.192. The number of pyridine rings is 2. The van der Waals surface area contributed by atoms with Crippen molar-refractivity contribution in [2.75, 3.05) is 25.5 Å². The molecule has 5 aromatic rings. The van der Waals surface area contributed by atoms with Crippen LogP contribution in [0.25, 0.3) is 22.3 Å². The van der Waals surface area contributed by atoms with Gasteiger partial charge in [-0.2, -0.15) is 5.10 Å². The lowest BCUT2D eigenvalue weighted by Crippen LogP contribution is -2.23. The van der Waals surface area contributed by atoms with Crippen LogP contribution >= 0.6 is 0 Å². The highest BCUT2D eigenvalue weighted by Gasteiger charge is 2.14. The molecule has 0 spiro atoms. The summed E-state index contributed by atoms with van der Waals surface area (Å²) >= 11 is 0. The maximum Gasteiger partial charge on any atom is 0.160 e. The number of benzene rings is 1. The first-order chi connectivity index (χ1) is 17.1. The molecule has 6 rings (SSSR count). The lowest BCUT2D eigenvalue weighted by atomic mass is 10.0. The number of aryl methyl sites for hydroxylation is 1. The van der Waals surface area contributed by atoms with Crippen LogP contribution in [0.5, 0.6) is 11.5 Å². The van der Waals surface area contributed by atoms with Gasteiger partial charge in [-0.25, -0.2) is 24.5 Å². The molecule has 0 saturated carbocycles. The highest BCUT2D eigenvalue weighted by Crippen LogP contribution is 2.30. The summed E-state index contributed by atoms with van der Waals surface area (Å²) in [6, 6.07) is 13.7. The summed E-state index contributed by atoms with van der Waals surface area (Å²) in [5.41, 5.74) is 6.42. The molecule has 0 fully saturated rings. The van der Waals surface area contributed by atoms with Gasteiger partial charge in [0.05, 0.1) is 11.2 Å². The molecule has 1 aromatic carbocycles. The Morgan fingerprint density at radius 3 is 2.80 bits per heavy atom. The van der Waals surface area contributed by atoms with Crippen LogP contribution in [-0.4, -0.2) is 54.6 Å². The first-order valence-corrected chi connectivity index (χ1v) is 11.5. The summed E-state index contributed by atoms with van der Waals surface area (Å²) in [4.78, 5) is 20.3. The zero-order valence-electron chi connectivity index (χ0n) is 19.5. The zero-order valence-corrected chi connectivity index (χ0v) is 19.5. The number of nitrogens with zero attached hydrogens (tertiary/aromatic N) is 7. The van der Waals surface area contributed by atoms with E-state index in [0.717, 1.165) is 58.9 Å². The van der Waals surface area contributed by atoms with Gasteiger partial charge in [0.2, 0.25) is 0 Å². The average Bonchev–Trinajstić information content (AvgIpc) is 3.34. The molecule has 0 atom stereocenters. The maximum atomic E-state index is 6.10. The van der Waals surface area contributed by atoms with Crippen LogP contribution in [0.15, 0.2) is 67.4 Å². The molecule has 4 aromatic heterocycles. The average molecular weight is 465 g/mol. The molecule has 1 aliphatic heterocycles. The number of hydrogen-bond donors (Lipinski definition) is 1. The molecular formula is C26H24N8O. The topological polar surface area (TPSA) is 93.4 Å². The largest absolute Gasteiger partial charge is 0.457 e. The Morgan fingerprint density at radius 2 is 1.94 bits per heavy atom. The minimum absolute atomic E-state index is 0.677. The van der Waals surface area contributed by atoms with Gasteiger partial charge >= 0.3 is 0 Å². The van der Waals surface area contributed by atoms with E-state index in [1.54, 1.807) is 10.8 Å². The van der Waals surface area contributed by atoms with Crippen molar-refractivity contribution in [3.05, 3.63) is 78.6 Å². The van der Waals surface area contributed by atoms with E-state index in [9.17, 15) is 0 Å². The minimum atomic E-state index is 0.677. The zero-order chi connectivity index (χ0) is 23.8. The first-order valence-electron chi connectivity index (χ1n) is 11.5. The third kappa shape index (κ3) is 4.29. The van der Waals surface area contributed by atoms with E-state index in [1.807, 2.05) is 55.6 Å². The molecular weight excluding hydrogens is 440 g/mol. The van der Waals surface area contributed by atoms with Gasteiger partial charge in [0.25, 0.3) is 0 Å². The Kier molecular flexibility index (Phi) is 5.31. The van der Waals surface area contributed by atoms with Gasteiger partial charge in [0, 0.05) is 31.0 Å². The highest BCUT2D eigenvalue weighted by atomic mass is 16.5. The van der Waals surface area contributed by atoms with E-state index in [4.69, 9.17) is 9.72 Å². The molecule has 0 unspecified atom stereocenters. The Balaban J connectivity index is 1.26. The van der Waals surface area contributed by atoms with Gasteiger partial charge < -0.3 is 15.0 Å². The van der Waals surface area contributed by atoms with Crippen molar-refractivity contribution in [2.24, 2.45) is 0 Å². The van der Waals surface area contributed by atoms with Crippen molar-refractivity contribution in [3.63, 3.8) is 0 Å². The van der Waals surface area contributed by atoms with Crippen LogP contribution in [0.4, 0.5) is 11.5 Å². The summed E-state index contributed by atoms with van der Waals surface area (Å²) in [5.74, 6) is 2.15. The second-order valence-corrected chi connectivity index (χ2v) is 8.66. The molecule has 9 heteroatoms. The number of aromatic nitrogens is 6. The summed E-state index contributed by atoms with van der Waals surface area (Å²) in [6.45, 7) is 3.98. The number of rotatable bonds is 5. The SMILES string of the molecule is Cc1cc(Nc2ncnc3ccc(C4=CCN(C)CC4)nc23)ccc1Oc1ccn2ncnc2c1. The predicted molar refractivity (Wildman–Crippen MR) is 135 cm³/mol. The smallest absolute Gasteiger partial charge is 0.160 e. The number of ether oxygens (including phenoxy) is 1. The van der Waals surface area contributed by atoms with Gasteiger partial charge in [-0.3, -0.25) is 0 Å². The molecule has 1 aliphatic rings. The monoisotopic (exact) mass is 464 g/mol. The third-order valence-electron chi connectivity index (χ3n) is 6.14. The lowest BCUT2D eigenvalue weighted by Gasteiger charge is -2.21. The molecule has 5 heterocycles. The quantitative estimate of drug-likeness (QED) is 0.402. The molecule has 0 saturated heterocycles.